The van der Waals surface area contributed by atoms with Crippen LogP contribution < -0.4 is 10.1 Å². The largest absolute Gasteiger partial charge is 0.492 e. The third-order valence-electron chi connectivity index (χ3n) is 3.24. The molecule has 1 fully saturated rings. The summed E-state index contributed by atoms with van der Waals surface area (Å²) in [7, 11) is 2.02. The number of rotatable bonds is 7. The topological polar surface area (TPSA) is 109 Å². The number of carboxylic acid groups (broad SMARTS) is 2. The lowest BCUT2D eigenvalue weighted by atomic mass is 10.2. The number of pyridine rings is 1. The van der Waals surface area contributed by atoms with Crippen molar-refractivity contribution in [2.75, 3.05) is 13.7 Å². The van der Waals surface area contributed by atoms with Gasteiger partial charge in [-0.05, 0) is 38.4 Å². The first-order valence-electron chi connectivity index (χ1n) is 6.83. The fourth-order valence-corrected chi connectivity index (χ4v) is 1.72. The lowest BCUT2D eigenvalue weighted by Crippen LogP contribution is -2.29. The second-order valence-corrected chi connectivity index (χ2v) is 4.83. The molecule has 1 aromatic heterocycles. The van der Waals surface area contributed by atoms with Crippen LogP contribution in [0.15, 0.2) is 36.7 Å². The van der Waals surface area contributed by atoms with Crippen molar-refractivity contribution >= 4 is 11.9 Å². The molecule has 22 heavy (non-hydrogen) atoms. The normalized spacial score (nSPS) is 14.8. The molecular formula is C15H20N2O5. The predicted octanol–water partition coefficient (Wildman–Crippen LogP) is 1.31. The summed E-state index contributed by atoms with van der Waals surface area (Å²) in [5.41, 5.74) is 0.377. The summed E-state index contributed by atoms with van der Waals surface area (Å²) in [6.45, 7) is 0.770. The van der Waals surface area contributed by atoms with Crippen molar-refractivity contribution in [2.45, 2.75) is 24.8 Å². The maximum absolute atomic E-state index is 9.55. The van der Waals surface area contributed by atoms with E-state index < -0.39 is 11.9 Å². The Bertz CT molecular complexity index is 496. The van der Waals surface area contributed by atoms with Crippen LogP contribution in [0.25, 0.3) is 0 Å². The summed E-state index contributed by atoms with van der Waals surface area (Å²) in [5.74, 6) is -1.65. The Kier molecular flexibility index (Phi) is 7.04. The zero-order chi connectivity index (χ0) is 16.4. The molecular weight excluding hydrogens is 288 g/mol. The van der Waals surface area contributed by atoms with Crippen LogP contribution in [0.2, 0.25) is 0 Å². The molecule has 3 N–H and O–H groups in total. The molecule has 0 spiro atoms. The Labute approximate surface area is 128 Å². The Morgan fingerprint density at radius 3 is 2.41 bits per heavy atom. The fraction of sp³-hybridized carbons (Fsp3) is 0.400. The lowest BCUT2D eigenvalue weighted by molar-refractivity contribution is -0.134. The van der Waals surface area contributed by atoms with Crippen LogP contribution in [-0.2, 0) is 9.59 Å². The van der Waals surface area contributed by atoms with E-state index in [1.54, 1.807) is 12.4 Å². The minimum absolute atomic E-state index is 0.377. The van der Waals surface area contributed by atoms with Crippen molar-refractivity contribution < 1.29 is 24.5 Å². The maximum Gasteiger partial charge on any atom is 0.328 e. The number of hydrogen-bond donors (Lipinski definition) is 3. The van der Waals surface area contributed by atoms with Crippen LogP contribution >= 0.6 is 0 Å². The number of aromatic nitrogens is 1. The van der Waals surface area contributed by atoms with Gasteiger partial charge in [0.25, 0.3) is 0 Å². The van der Waals surface area contributed by atoms with Gasteiger partial charge in [-0.2, -0.15) is 0 Å². The van der Waals surface area contributed by atoms with Crippen LogP contribution in [0.4, 0.5) is 0 Å². The van der Waals surface area contributed by atoms with E-state index in [1.165, 1.54) is 12.8 Å². The zero-order valence-corrected chi connectivity index (χ0v) is 12.4. The number of nitrogens with one attached hydrogen (secondary N) is 1. The van der Waals surface area contributed by atoms with Crippen LogP contribution in [0, 0.1) is 0 Å². The first-order valence-corrected chi connectivity index (χ1v) is 6.83. The summed E-state index contributed by atoms with van der Waals surface area (Å²) < 4.78 is 5.58. The monoisotopic (exact) mass is 308 g/mol. The highest BCUT2D eigenvalue weighted by molar-refractivity contribution is 5.89. The minimum atomic E-state index is -1.26. The molecule has 0 bridgehead atoms. The second-order valence-electron chi connectivity index (χ2n) is 4.83. The Morgan fingerprint density at radius 1 is 1.36 bits per heavy atom. The molecule has 0 amide bonds. The average Bonchev–Trinajstić information content (AvgIpc) is 3.27. The van der Waals surface area contributed by atoms with Gasteiger partial charge in [-0.3, -0.25) is 4.98 Å². The van der Waals surface area contributed by atoms with Gasteiger partial charge < -0.3 is 20.3 Å². The van der Waals surface area contributed by atoms with E-state index in [1.807, 2.05) is 19.2 Å². The third kappa shape index (κ3) is 7.39. The van der Waals surface area contributed by atoms with Crippen molar-refractivity contribution in [1.29, 1.82) is 0 Å². The number of aliphatic carboxylic acids is 2. The van der Waals surface area contributed by atoms with E-state index in [9.17, 15) is 9.59 Å². The quantitative estimate of drug-likeness (QED) is 0.652. The molecule has 1 aromatic rings. The summed E-state index contributed by atoms with van der Waals surface area (Å²) in [6, 6.07) is 3.83. The number of carboxylic acids is 2. The molecule has 0 unspecified atom stereocenters. The Morgan fingerprint density at radius 2 is 2.00 bits per heavy atom. The van der Waals surface area contributed by atoms with E-state index in [0.29, 0.717) is 17.7 Å². The first kappa shape index (κ1) is 17.6. The van der Waals surface area contributed by atoms with Crippen molar-refractivity contribution in [3.63, 3.8) is 0 Å². The van der Waals surface area contributed by atoms with Crippen LogP contribution in [0.5, 0.6) is 5.75 Å². The average molecular weight is 308 g/mol. The van der Waals surface area contributed by atoms with E-state index in [0.717, 1.165) is 18.8 Å². The molecule has 0 saturated heterocycles. The van der Waals surface area contributed by atoms with Gasteiger partial charge in [0.15, 0.2) is 0 Å². The van der Waals surface area contributed by atoms with E-state index in [-0.39, 0.29) is 0 Å². The number of carbonyl (C=O) groups is 2. The fourth-order valence-electron chi connectivity index (χ4n) is 1.72. The molecule has 1 aliphatic carbocycles. The van der Waals surface area contributed by atoms with Crippen molar-refractivity contribution in [3.05, 3.63) is 36.7 Å². The van der Waals surface area contributed by atoms with Gasteiger partial charge in [0.1, 0.15) is 5.75 Å². The smallest absolute Gasteiger partial charge is 0.328 e. The van der Waals surface area contributed by atoms with Crippen molar-refractivity contribution in [3.8, 4) is 5.75 Å². The highest BCUT2D eigenvalue weighted by Gasteiger charge is 2.40. The Balaban J connectivity index is 0.000000261. The highest BCUT2D eigenvalue weighted by atomic mass is 16.5. The molecule has 1 aliphatic rings. The van der Waals surface area contributed by atoms with Gasteiger partial charge in [-0.25, -0.2) is 9.59 Å². The van der Waals surface area contributed by atoms with Gasteiger partial charge in [-0.15, -0.1) is 0 Å². The molecule has 7 nitrogen and oxygen atoms in total. The summed E-state index contributed by atoms with van der Waals surface area (Å²) in [4.78, 5) is 23.1. The van der Waals surface area contributed by atoms with Crippen molar-refractivity contribution in [1.82, 2.24) is 10.3 Å². The number of hydrogen-bond acceptors (Lipinski definition) is 5. The molecule has 1 heterocycles. The van der Waals surface area contributed by atoms with Gasteiger partial charge in [0.05, 0.1) is 12.8 Å². The second kappa shape index (κ2) is 8.78. The van der Waals surface area contributed by atoms with Crippen LogP contribution in [0.3, 0.4) is 0 Å². The Hall–Kier alpha value is -2.41. The number of nitrogens with zero attached hydrogens (tertiary/aromatic N) is 1. The standard InChI is InChI=1S/C11H16N2O.C4H4O4/c1-12-11(4-5-11)6-8-14-10-3-2-7-13-9-10;5-3(6)1-2-4(7)8/h2-3,7,9,12H,4-6,8H2,1H3;1-2H,(H,5,6)(H,7,8). The van der Waals surface area contributed by atoms with Gasteiger partial charge in [-0.1, -0.05) is 0 Å². The van der Waals surface area contributed by atoms with E-state index >= 15 is 0 Å². The lowest BCUT2D eigenvalue weighted by Gasteiger charge is -2.13. The molecule has 2 rings (SSSR count). The van der Waals surface area contributed by atoms with E-state index in [4.69, 9.17) is 14.9 Å². The van der Waals surface area contributed by atoms with E-state index in [2.05, 4.69) is 10.3 Å². The predicted molar refractivity (Wildman–Crippen MR) is 79.8 cm³/mol. The van der Waals surface area contributed by atoms with Gasteiger partial charge >= 0.3 is 11.9 Å². The molecule has 0 atom stereocenters. The van der Waals surface area contributed by atoms with Crippen LogP contribution in [0.1, 0.15) is 19.3 Å². The minimum Gasteiger partial charge on any atom is -0.492 e. The molecule has 0 aromatic carbocycles. The summed E-state index contributed by atoms with van der Waals surface area (Å²) >= 11 is 0. The molecule has 0 radical (unpaired) electrons. The molecule has 120 valence electrons. The zero-order valence-electron chi connectivity index (χ0n) is 12.4. The van der Waals surface area contributed by atoms with Crippen LogP contribution in [-0.4, -0.2) is 46.3 Å². The van der Waals surface area contributed by atoms with Gasteiger partial charge in [0.2, 0.25) is 0 Å². The first-order chi connectivity index (χ1) is 10.5. The third-order valence-corrected chi connectivity index (χ3v) is 3.24. The summed E-state index contributed by atoms with van der Waals surface area (Å²) in [6.07, 6.45) is 8.25. The maximum atomic E-state index is 9.55. The summed E-state index contributed by atoms with van der Waals surface area (Å²) in [5, 5.41) is 19.0. The highest BCUT2D eigenvalue weighted by Crippen LogP contribution is 2.37. The molecule has 0 aliphatic heterocycles. The number of ether oxygens (including phenoxy) is 1. The SMILES string of the molecule is CNC1(CCOc2cccnc2)CC1.O=C(O)C=CC(=O)O. The molecule has 1 saturated carbocycles. The molecule has 7 heteroatoms. The van der Waals surface area contributed by atoms with Crippen molar-refractivity contribution in [2.24, 2.45) is 0 Å². The van der Waals surface area contributed by atoms with Gasteiger partial charge in [0, 0.05) is 23.9 Å².